The molecule has 0 aliphatic rings. The molecule has 1 rings (SSSR count). The summed E-state index contributed by atoms with van der Waals surface area (Å²) in [6.07, 6.45) is 5.81. The average Bonchev–Trinajstić information content (AvgIpc) is 2.27. The van der Waals surface area contributed by atoms with Gasteiger partial charge in [0, 0.05) is 17.8 Å². The third-order valence-electron chi connectivity index (χ3n) is 2.22. The quantitative estimate of drug-likeness (QED) is 0.525. The molecule has 5 heteroatoms. The Morgan fingerprint density at radius 1 is 1.56 bits per heavy atom. The molecule has 2 atom stereocenters. The van der Waals surface area contributed by atoms with Gasteiger partial charge in [0.1, 0.15) is 15.4 Å². The number of nitrogens with zero attached hydrogens (tertiary/aromatic N) is 1. The maximum atomic E-state index is 12.1. The van der Waals surface area contributed by atoms with E-state index in [1.807, 2.05) is 39.0 Å². The van der Waals surface area contributed by atoms with Gasteiger partial charge in [-0.25, -0.2) is 4.98 Å². The highest BCUT2D eigenvalue weighted by Crippen LogP contribution is 2.22. The summed E-state index contributed by atoms with van der Waals surface area (Å²) in [5.41, 5.74) is 0.792. The Bertz CT molecular complexity index is 439. The summed E-state index contributed by atoms with van der Waals surface area (Å²) in [5, 5.41) is 0. The van der Waals surface area contributed by atoms with E-state index < -0.39 is 11.4 Å². The fourth-order valence-corrected chi connectivity index (χ4v) is 2.42. The van der Waals surface area contributed by atoms with Gasteiger partial charge in [-0.05, 0) is 48.8 Å². The van der Waals surface area contributed by atoms with Gasteiger partial charge >= 0.3 is 0 Å². The number of pyridine rings is 1. The molecular weight excluding hydrogens is 312 g/mol. The molecule has 0 aromatic carbocycles. The van der Waals surface area contributed by atoms with E-state index >= 15 is 0 Å². The van der Waals surface area contributed by atoms with Gasteiger partial charge in [-0.3, -0.25) is 0 Å². The molecule has 98 valence electrons. The zero-order valence-corrected chi connectivity index (χ0v) is 13.1. The lowest BCUT2D eigenvalue weighted by Crippen LogP contribution is -2.41. The van der Waals surface area contributed by atoms with E-state index in [2.05, 4.69) is 31.6 Å². The van der Waals surface area contributed by atoms with Crippen molar-refractivity contribution < 1.29 is 4.55 Å². The van der Waals surface area contributed by atoms with Crippen molar-refractivity contribution in [1.29, 1.82) is 0 Å². The van der Waals surface area contributed by atoms with Crippen LogP contribution in [0.15, 0.2) is 22.8 Å². The van der Waals surface area contributed by atoms with Crippen LogP contribution in [0.3, 0.4) is 0 Å². The maximum Gasteiger partial charge on any atom is 0.136 e. The predicted molar refractivity (Wildman–Crippen MR) is 79.2 cm³/mol. The molecule has 0 saturated carbocycles. The first-order valence-electron chi connectivity index (χ1n) is 5.58. The van der Waals surface area contributed by atoms with Gasteiger partial charge in [0.15, 0.2) is 0 Å². The zero-order chi connectivity index (χ0) is 13.8. The molecule has 0 fully saturated rings. The molecular formula is C13H17BrN2OS. The summed E-state index contributed by atoms with van der Waals surface area (Å²) in [5.74, 6) is 2.59. The minimum Gasteiger partial charge on any atom is -0.598 e. The van der Waals surface area contributed by atoms with Crippen LogP contribution in [0.5, 0.6) is 0 Å². The van der Waals surface area contributed by atoms with Crippen LogP contribution in [0.2, 0.25) is 0 Å². The van der Waals surface area contributed by atoms with Gasteiger partial charge < -0.3 is 4.55 Å². The normalized spacial score (nSPS) is 14.9. The van der Waals surface area contributed by atoms with E-state index in [1.165, 1.54) is 0 Å². The van der Waals surface area contributed by atoms with Crippen LogP contribution in [0.1, 0.15) is 38.9 Å². The molecule has 0 amide bonds. The third-order valence-corrected chi connectivity index (χ3v) is 4.27. The van der Waals surface area contributed by atoms with Crippen molar-refractivity contribution in [3.63, 3.8) is 0 Å². The van der Waals surface area contributed by atoms with Crippen LogP contribution in [-0.4, -0.2) is 14.3 Å². The molecule has 1 aromatic heterocycles. The fraction of sp³-hybridized carbons (Fsp3) is 0.462. The fourth-order valence-electron chi connectivity index (χ4n) is 1.25. The topological polar surface area (TPSA) is 48.0 Å². The molecule has 1 unspecified atom stereocenters. The van der Waals surface area contributed by atoms with Gasteiger partial charge in [0.05, 0.1) is 5.69 Å². The third kappa shape index (κ3) is 4.62. The van der Waals surface area contributed by atoms with Crippen LogP contribution in [0.25, 0.3) is 0 Å². The van der Waals surface area contributed by atoms with Crippen LogP contribution in [-0.2, 0) is 11.4 Å². The Balaban J connectivity index is 2.87. The van der Waals surface area contributed by atoms with Crippen LogP contribution in [0, 0.1) is 12.3 Å². The first-order chi connectivity index (χ1) is 8.34. The van der Waals surface area contributed by atoms with Crippen LogP contribution in [0.4, 0.5) is 0 Å². The van der Waals surface area contributed by atoms with Crippen molar-refractivity contribution in [2.45, 2.75) is 38.0 Å². The second-order valence-corrected chi connectivity index (χ2v) is 7.66. The average molecular weight is 329 g/mol. The maximum absolute atomic E-state index is 12.1. The highest BCUT2D eigenvalue weighted by Gasteiger charge is 2.30. The summed E-state index contributed by atoms with van der Waals surface area (Å²) in [6.45, 7) is 5.74. The van der Waals surface area contributed by atoms with Gasteiger partial charge in [-0.15, -0.1) is 17.1 Å². The molecule has 0 bridgehead atoms. The lowest BCUT2D eigenvalue weighted by atomic mass is 10.1. The molecule has 0 aliphatic carbocycles. The highest BCUT2D eigenvalue weighted by molar-refractivity contribution is 9.10. The first-order valence-corrected chi connectivity index (χ1v) is 7.53. The van der Waals surface area contributed by atoms with Crippen molar-refractivity contribution in [3.8, 4) is 12.3 Å². The van der Waals surface area contributed by atoms with Crippen molar-refractivity contribution >= 4 is 27.3 Å². The number of halogens is 1. The van der Waals surface area contributed by atoms with Crippen LogP contribution >= 0.6 is 15.9 Å². The largest absolute Gasteiger partial charge is 0.598 e. The van der Waals surface area contributed by atoms with Crippen molar-refractivity contribution in [3.05, 3.63) is 28.5 Å². The molecule has 1 heterocycles. The second-order valence-electron chi connectivity index (χ2n) is 4.84. The molecule has 0 aliphatic heterocycles. The molecule has 1 aromatic rings. The molecule has 3 nitrogen and oxygen atoms in total. The standard InChI is InChI=1S/C13H17BrN2OS/c1-5-7-11(16-18(17)13(2,3)4)10-8-6-9-12(14)15-10/h1,6,8-9,11,16H,7H2,2-4H3/t11-,18?/m0/s1. The van der Waals surface area contributed by atoms with E-state index in [0.29, 0.717) is 6.42 Å². The minimum absolute atomic E-state index is 0.201. The second kappa shape index (κ2) is 6.58. The van der Waals surface area contributed by atoms with E-state index in [1.54, 1.807) is 0 Å². The number of hydrogen-bond acceptors (Lipinski definition) is 3. The van der Waals surface area contributed by atoms with Gasteiger partial charge in [0.25, 0.3) is 0 Å². The molecule has 0 spiro atoms. The Morgan fingerprint density at radius 3 is 2.72 bits per heavy atom. The first kappa shape index (κ1) is 15.5. The van der Waals surface area contributed by atoms with Gasteiger partial charge in [-0.2, -0.15) is 0 Å². The SMILES string of the molecule is C#CC[C@H](N[S+]([O-])C(C)(C)C)c1cccc(Br)n1. The monoisotopic (exact) mass is 328 g/mol. The number of terminal acetylenes is 1. The Labute approximate surface area is 120 Å². The lowest BCUT2D eigenvalue weighted by molar-refractivity contribution is 0.522. The summed E-state index contributed by atoms with van der Waals surface area (Å²) in [4.78, 5) is 4.35. The Morgan fingerprint density at radius 2 is 2.22 bits per heavy atom. The van der Waals surface area contributed by atoms with E-state index in [4.69, 9.17) is 6.42 Å². The number of nitrogens with one attached hydrogen (secondary N) is 1. The summed E-state index contributed by atoms with van der Waals surface area (Å²) in [7, 11) is 0. The van der Waals surface area contributed by atoms with E-state index in [0.717, 1.165) is 10.3 Å². The smallest absolute Gasteiger partial charge is 0.136 e. The van der Waals surface area contributed by atoms with E-state index in [9.17, 15) is 4.55 Å². The highest BCUT2D eigenvalue weighted by atomic mass is 79.9. The molecule has 0 radical (unpaired) electrons. The van der Waals surface area contributed by atoms with Gasteiger partial charge in [0.2, 0.25) is 0 Å². The van der Waals surface area contributed by atoms with Crippen molar-refractivity contribution in [1.82, 2.24) is 9.71 Å². The molecule has 1 N–H and O–H groups in total. The number of aromatic nitrogens is 1. The minimum atomic E-state index is -1.18. The van der Waals surface area contributed by atoms with Crippen molar-refractivity contribution in [2.24, 2.45) is 0 Å². The van der Waals surface area contributed by atoms with E-state index in [-0.39, 0.29) is 10.8 Å². The number of hydrogen-bond donors (Lipinski definition) is 1. The van der Waals surface area contributed by atoms with Crippen molar-refractivity contribution in [2.75, 3.05) is 0 Å². The number of rotatable bonds is 4. The Kier molecular flexibility index (Phi) is 5.67. The molecule has 18 heavy (non-hydrogen) atoms. The zero-order valence-electron chi connectivity index (χ0n) is 10.7. The van der Waals surface area contributed by atoms with Crippen LogP contribution < -0.4 is 4.72 Å². The molecule has 0 saturated heterocycles. The summed E-state index contributed by atoms with van der Waals surface area (Å²) in [6, 6.07) is 5.40. The Hall–Kier alpha value is -0.540. The van der Waals surface area contributed by atoms with Gasteiger partial charge in [-0.1, -0.05) is 6.07 Å². The lowest BCUT2D eigenvalue weighted by Gasteiger charge is -2.27. The summed E-state index contributed by atoms with van der Waals surface area (Å²) < 4.78 is 15.6. The predicted octanol–water partition coefficient (Wildman–Crippen LogP) is 2.96. The summed E-state index contributed by atoms with van der Waals surface area (Å²) >= 11 is 2.14.